The van der Waals surface area contributed by atoms with Crippen LogP contribution in [-0.2, 0) is 4.79 Å². The van der Waals surface area contributed by atoms with Gasteiger partial charge in [0.2, 0.25) is 5.91 Å². The van der Waals surface area contributed by atoms with Crippen LogP contribution in [0.15, 0.2) is 30.5 Å². The van der Waals surface area contributed by atoms with Crippen molar-refractivity contribution in [3.63, 3.8) is 0 Å². The van der Waals surface area contributed by atoms with Crippen molar-refractivity contribution in [1.29, 1.82) is 0 Å². The monoisotopic (exact) mass is 299 g/mol. The molecule has 114 valence electrons. The summed E-state index contributed by atoms with van der Waals surface area (Å²) in [6.45, 7) is 4.01. The number of carbonyl (C=O) groups is 2. The minimum absolute atomic E-state index is 0.0535. The third kappa shape index (κ3) is 2.36. The minimum atomic E-state index is -0.957. The van der Waals surface area contributed by atoms with E-state index in [1.54, 1.807) is 35.1 Å². The van der Waals surface area contributed by atoms with E-state index in [1.165, 1.54) is 0 Å². The predicted octanol–water partition coefficient (Wildman–Crippen LogP) is 2.64. The predicted molar refractivity (Wildman–Crippen MR) is 81.1 cm³/mol. The number of hydrogen-bond donors (Lipinski definition) is 2. The van der Waals surface area contributed by atoms with Gasteiger partial charge >= 0.3 is 5.97 Å². The molecule has 1 amide bonds. The third-order valence-electron chi connectivity index (χ3n) is 3.90. The summed E-state index contributed by atoms with van der Waals surface area (Å²) in [5.74, 6) is -0.374. The van der Waals surface area contributed by atoms with Crippen molar-refractivity contribution in [2.45, 2.75) is 32.2 Å². The number of aromatic carboxylic acids is 1. The highest BCUT2D eigenvalue weighted by Crippen LogP contribution is 2.37. The highest BCUT2D eigenvalue weighted by molar-refractivity contribution is 5.94. The topological polar surface area (TPSA) is 84.2 Å². The molecule has 3 rings (SSSR count). The molecule has 6 heteroatoms. The van der Waals surface area contributed by atoms with Crippen molar-refractivity contribution >= 4 is 17.7 Å². The van der Waals surface area contributed by atoms with Gasteiger partial charge in [0, 0.05) is 23.9 Å². The van der Waals surface area contributed by atoms with Crippen LogP contribution in [0.2, 0.25) is 0 Å². The van der Waals surface area contributed by atoms with E-state index in [0.29, 0.717) is 6.42 Å². The van der Waals surface area contributed by atoms with Gasteiger partial charge < -0.3 is 10.4 Å². The Hall–Kier alpha value is -2.63. The maximum absolute atomic E-state index is 12.0. The molecule has 1 atom stereocenters. The van der Waals surface area contributed by atoms with Crippen LogP contribution in [0.4, 0.5) is 5.82 Å². The largest absolute Gasteiger partial charge is 0.478 e. The number of benzene rings is 1. The van der Waals surface area contributed by atoms with Gasteiger partial charge in [-0.1, -0.05) is 12.1 Å². The van der Waals surface area contributed by atoms with E-state index in [1.807, 2.05) is 13.8 Å². The van der Waals surface area contributed by atoms with Crippen LogP contribution in [0, 0.1) is 0 Å². The number of nitrogens with one attached hydrogen (secondary N) is 1. The van der Waals surface area contributed by atoms with Gasteiger partial charge in [-0.15, -0.1) is 0 Å². The first-order valence-electron chi connectivity index (χ1n) is 7.18. The zero-order valence-corrected chi connectivity index (χ0v) is 12.4. The molecule has 0 saturated heterocycles. The third-order valence-corrected chi connectivity index (χ3v) is 3.90. The zero-order valence-electron chi connectivity index (χ0n) is 12.4. The van der Waals surface area contributed by atoms with Crippen molar-refractivity contribution in [3.8, 4) is 0 Å². The average Bonchev–Trinajstić information content (AvgIpc) is 2.90. The number of carbonyl (C=O) groups excluding carboxylic acids is 1. The maximum atomic E-state index is 12.0. The van der Waals surface area contributed by atoms with Gasteiger partial charge in [0.1, 0.15) is 5.82 Å². The summed E-state index contributed by atoms with van der Waals surface area (Å²) in [7, 11) is 0. The molecule has 2 aromatic rings. The van der Waals surface area contributed by atoms with Gasteiger partial charge in [0.25, 0.3) is 0 Å². The fourth-order valence-electron chi connectivity index (χ4n) is 2.79. The van der Waals surface area contributed by atoms with Gasteiger partial charge in [0.15, 0.2) is 0 Å². The Labute approximate surface area is 127 Å². The lowest BCUT2D eigenvalue weighted by molar-refractivity contribution is -0.116. The standard InChI is InChI=1S/C16H17N3O3/c1-9(2)19-15-13(8-17-19)12(7-14(20)18-15)10-3-5-11(6-4-10)16(21)22/h3-6,8-9,12H,7H2,1-2H3,(H,18,20)(H,21,22)/t12-/m1/s1. The number of nitrogens with zero attached hydrogens (tertiary/aromatic N) is 2. The van der Waals surface area contributed by atoms with Gasteiger partial charge in [-0.2, -0.15) is 5.10 Å². The van der Waals surface area contributed by atoms with Gasteiger partial charge in [0.05, 0.1) is 11.8 Å². The highest BCUT2D eigenvalue weighted by atomic mass is 16.4. The fraction of sp³-hybridized carbons (Fsp3) is 0.312. The number of amides is 1. The number of hydrogen-bond acceptors (Lipinski definition) is 3. The van der Waals surface area contributed by atoms with Crippen molar-refractivity contribution < 1.29 is 14.7 Å². The Kier molecular flexibility index (Phi) is 3.44. The van der Waals surface area contributed by atoms with E-state index in [2.05, 4.69) is 10.4 Å². The molecule has 1 aliphatic heterocycles. The SMILES string of the molecule is CC(C)n1ncc2c1NC(=O)C[C@@H]2c1ccc(C(=O)O)cc1. The normalized spacial score (nSPS) is 17.2. The number of aromatic nitrogens is 2. The Morgan fingerprint density at radius 2 is 2.05 bits per heavy atom. The average molecular weight is 299 g/mol. The molecule has 6 nitrogen and oxygen atoms in total. The van der Waals surface area contributed by atoms with E-state index in [4.69, 9.17) is 5.11 Å². The lowest BCUT2D eigenvalue weighted by Crippen LogP contribution is -2.25. The molecule has 2 heterocycles. The summed E-state index contributed by atoms with van der Waals surface area (Å²) >= 11 is 0. The molecule has 22 heavy (non-hydrogen) atoms. The Morgan fingerprint density at radius 3 is 2.64 bits per heavy atom. The smallest absolute Gasteiger partial charge is 0.335 e. The minimum Gasteiger partial charge on any atom is -0.478 e. The molecule has 2 N–H and O–H groups in total. The van der Waals surface area contributed by atoms with E-state index in [-0.39, 0.29) is 23.4 Å². The second-order valence-corrected chi connectivity index (χ2v) is 5.72. The number of anilines is 1. The van der Waals surface area contributed by atoms with Crippen molar-refractivity contribution in [2.75, 3.05) is 5.32 Å². The Balaban J connectivity index is 2.02. The van der Waals surface area contributed by atoms with Crippen molar-refractivity contribution in [1.82, 2.24) is 9.78 Å². The molecule has 0 unspecified atom stereocenters. The molecule has 0 saturated carbocycles. The van der Waals surface area contributed by atoms with Crippen LogP contribution in [0.3, 0.4) is 0 Å². The zero-order chi connectivity index (χ0) is 15.9. The number of carboxylic acids is 1. The first-order valence-corrected chi connectivity index (χ1v) is 7.18. The second kappa shape index (κ2) is 5.29. The van der Waals surface area contributed by atoms with Crippen LogP contribution < -0.4 is 5.32 Å². The van der Waals surface area contributed by atoms with E-state index in [0.717, 1.165) is 16.9 Å². The van der Waals surface area contributed by atoms with Crippen LogP contribution in [0.5, 0.6) is 0 Å². The highest BCUT2D eigenvalue weighted by Gasteiger charge is 2.30. The lowest BCUT2D eigenvalue weighted by Gasteiger charge is -2.24. The summed E-state index contributed by atoms with van der Waals surface area (Å²) in [5.41, 5.74) is 2.13. The molecule has 0 radical (unpaired) electrons. The quantitative estimate of drug-likeness (QED) is 0.912. The molecule has 1 aromatic carbocycles. The molecule has 0 fully saturated rings. The second-order valence-electron chi connectivity index (χ2n) is 5.72. The van der Waals surface area contributed by atoms with E-state index >= 15 is 0 Å². The first kappa shape index (κ1) is 14.3. The number of rotatable bonds is 3. The lowest BCUT2D eigenvalue weighted by atomic mass is 9.87. The molecule has 0 spiro atoms. The first-order chi connectivity index (χ1) is 10.5. The summed E-state index contributed by atoms with van der Waals surface area (Å²) in [6, 6.07) is 6.82. The molecule has 0 aliphatic carbocycles. The van der Waals surface area contributed by atoms with Crippen LogP contribution in [0.1, 0.15) is 53.7 Å². The molecular formula is C16H17N3O3. The summed E-state index contributed by atoms with van der Waals surface area (Å²) in [6.07, 6.45) is 2.12. The molecule has 0 bridgehead atoms. The summed E-state index contributed by atoms with van der Waals surface area (Å²) in [5, 5.41) is 16.2. The fourth-order valence-corrected chi connectivity index (χ4v) is 2.79. The number of fused-ring (bicyclic) bond motifs is 1. The van der Waals surface area contributed by atoms with Gasteiger partial charge in [-0.05, 0) is 31.5 Å². The van der Waals surface area contributed by atoms with E-state index in [9.17, 15) is 9.59 Å². The van der Waals surface area contributed by atoms with Gasteiger partial charge in [-0.3, -0.25) is 4.79 Å². The van der Waals surface area contributed by atoms with Crippen LogP contribution in [0.25, 0.3) is 0 Å². The summed E-state index contributed by atoms with van der Waals surface area (Å²) < 4.78 is 1.80. The van der Waals surface area contributed by atoms with Gasteiger partial charge in [-0.25, -0.2) is 9.48 Å². The molecule has 1 aliphatic rings. The maximum Gasteiger partial charge on any atom is 0.335 e. The van der Waals surface area contributed by atoms with Crippen LogP contribution in [-0.4, -0.2) is 26.8 Å². The van der Waals surface area contributed by atoms with E-state index < -0.39 is 5.97 Å². The molecule has 1 aromatic heterocycles. The van der Waals surface area contributed by atoms with Crippen LogP contribution >= 0.6 is 0 Å². The number of carboxylic acid groups (broad SMARTS) is 1. The van der Waals surface area contributed by atoms with Crippen molar-refractivity contribution in [2.24, 2.45) is 0 Å². The Bertz CT molecular complexity index is 732. The van der Waals surface area contributed by atoms with Crippen molar-refractivity contribution in [3.05, 3.63) is 47.2 Å². The Morgan fingerprint density at radius 1 is 1.36 bits per heavy atom. The summed E-state index contributed by atoms with van der Waals surface area (Å²) in [4.78, 5) is 23.0. The molecular weight excluding hydrogens is 282 g/mol.